The van der Waals surface area contributed by atoms with Crippen LogP contribution in [0.2, 0.25) is 0 Å². The van der Waals surface area contributed by atoms with Gasteiger partial charge in [0.15, 0.2) is 0 Å². The number of hydrogen-bond acceptors (Lipinski definition) is 5. The number of nitrogens with zero attached hydrogens (tertiary/aromatic N) is 2. The molecule has 100 valence electrons. The first-order valence-corrected chi connectivity index (χ1v) is 7.81. The molecule has 0 aromatic carbocycles. The molecule has 1 aromatic rings. The van der Waals surface area contributed by atoms with Gasteiger partial charge in [-0.05, 0) is 32.4 Å². The normalized spacial score (nSPS) is 16.6. The summed E-state index contributed by atoms with van der Waals surface area (Å²) in [4.78, 5) is 8.99. The molecule has 0 spiro atoms. The molecule has 1 fully saturated rings. The first kappa shape index (κ1) is 13.5. The number of aromatic nitrogens is 2. The summed E-state index contributed by atoms with van der Waals surface area (Å²) in [6.07, 6.45) is 5.67. The molecule has 0 bridgehead atoms. The average molecular weight is 266 g/mol. The summed E-state index contributed by atoms with van der Waals surface area (Å²) in [6, 6.07) is 0. The van der Waals surface area contributed by atoms with E-state index >= 15 is 0 Å². The Hall–Kier alpha value is -0.970. The molecule has 0 amide bonds. The van der Waals surface area contributed by atoms with Crippen molar-refractivity contribution in [2.24, 2.45) is 0 Å². The molecular formula is C13H22N4S. The van der Waals surface area contributed by atoms with Crippen LogP contribution >= 0.6 is 11.8 Å². The zero-order valence-electron chi connectivity index (χ0n) is 11.4. The van der Waals surface area contributed by atoms with E-state index < -0.39 is 0 Å². The number of nitrogen functional groups attached to an aromatic ring is 1. The van der Waals surface area contributed by atoms with Crippen LogP contribution in [-0.2, 0) is 0 Å². The van der Waals surface area contributed by atoms with Crippen molar-refractivity contribution in [1.29, 1.82) is 0 Å². The number of thioether (sulfide) groups is 1. The number of hydrogen-bond donors (Lipinski definition) is 2. The fourth-order valence-corrected chi connectivity index (χ4v) is 2.11. The summed E-state index contributed by atoms with van der Waals surface area (Å²) in [5.74, 6) is 2.99. The van der Waals surface area contributed by atoms with Crippen molar-refractivity contribution in [3.63, 3.8) is 0 Å². The Labute approximate surface area is 113 Å². The van der Waals surface area contributed by atoms with Crippen molar-refractivity contribution < 1.29 is 0 Å². The van der Waals surface area contributed by atoms with Gasteiger partial charge in [0.25, 0.3) is 0 Å². The van der Waals surface area contributed by atoms with E-state index in [0.29, 0.717) is 17.0 Å². The van der Waals surface area contributed by atoms with Crippen molar-refractivity contribution in [1.82, 2.24) is 9.97 Å². The first-order valence-electron chi connectivity index (χ1n) is 6.52. The highest BCUT2D eigenvalue weighted by Gasteiger charge is 2.27. The van der Waals surface area contributed by atoms with Crippen LogP contribution in [0.4, 0.5) is 11.6 Å². The smallest absolute Gasteiger partial charge is 0.136 e. The SMILES string of the molecule is CSC(C)CCNc1nc(C2CC2)nc(N)c1C. The Bertz CT molecular complexity index is 418. The molecule has 5 heteroatoms. The molecular weight excluding hydrogens is 244 g/mol. The van der Waals surface area contributed by atoms with Gasteiger partial charge >= 0.3 is 0 Å². The second-order valence-electron chi connectivity index (χ2n) is 4.98. The van der Waals surface area contributed by atoms with Gasteiger partial charge in [-0.25, -0.2) is 9.97 Å². The summed E-state index contributed by atoms with van der Waals surface area (Å²) in [5.41, 5.74) is 6.92. The molecule has 0 saturated heterocycles. The lowest BCUT2D eigenvalue weighted by atomic mass is 10.2. The summed E-state index contributed by atoms with van der Waals surface area (Å²) in [5, 5.41) is 4.06. The quantitative estimate of drug-likeness (QED) is 0.829. The molecule has 1 unspecified atom stereocenters. The predicted molar refractivity (Wildman–Crippen MR) is 79.2 cm³/mol. The van der Waals surface area contributed by atoms with Gasteiger partial charge in [0.1, 0.15) is 17.5 Å². The lowest BCUT2D eigenvalue weighted by molar-refractivity contribution is 0.841. The van der Waals surface area contributed by atoms with E-state index in [-0.39, 0.29) is 0 Å². The molecule has 1 heterocycles. The number of nitrogens with two attached hydrogens (primary N) is 1. The largest absolute Gasteiger partial charge is 0.383 e. The van der Waals surface area contributed by atoms with Gasteiger partial charge in [-0.3, -0.25) is 0 Å². The summed E-state index contributed by atoms with van der Waals surface area (Å²) in [6.45, 7) is 5.15. The van der Waals surface area contributed by atoms with Crippen molar-refractivity contribution in [2.75, 3.05) is 23.9 Å². The average Bonchev–Trinajstić information content (AvgIpc) is 3.18. The lowest BCUT2D eigenvalue weighted by Crippen LogP contribution is -2.12. The Morgan fingerprint density at radius 3 is 2.78 bits per heavy atom. The van der Waals surface area contributed by atoms with Crippen LogP contribution in [0.5, 0.6) is 0 Å². The molecule has 1 aliphatic carbocycles. The molecule has 1 saturated carbocycles. The highest BCUT2D eigenvalue weighted by Crippen LogP contribution is 2.39. The number of rotatable bonds is 6. The van der Waals surface area contributed by atoms with Crippen molar-refractivity contribution in [3.05, 3.63) is 11.4 Å². The maximum Gasteiger partial charge on any atom is 0.136 e. The van der Waals surface area contributed by atoms with Gasteiger partial charge in [0.2, 0.25) is 0 Å². The molecule has 1 atom stereocenters. The van der Waals surface area contributed by atoms with Crippen LogP contribution in [-0.4, -0.2) is 28.0 Å². The minimum atomic E-state index is 0.540. The third-order valence-corrected chi connectivity index (χ3v) is 4.43. The number of nitrogens with one attached hydrogen (secondary N) is 1. The van der Waals surface area contributed by atoms with Gasteiger partial charge < -0.3 is 11.1 Å². The van der Waals surface area contributed by atoms with Crippen LogP contribution in [0.1, 0.15) is 43.5 Å². The molecule has 0 radical (unpaired) electrons. The highest BCUT2D eigenvalue weighted by molar-refractivity contribution is 7.99. The van der Waals surface area contributed by atoms with Gasteiger partial charge in [0, 0.05) is 23.3 Å². The predicted octanol–water partition coefficient (Wildman–Crippen LogP) is 2.80. The maximum absolute atomic E-state index is 5.95. The summed E-state index contributed by atoms with van der Waals surface area (Å²) >= 11 is 1.89. The number of anilines is 2. The standard InChI is InChI=1S/C13H22N4S/c1-8(18-3)6-7-15-12-9(2)11(14)16-13(17-12)10-4-5-10/h8,10H,4-7H2,1-3H3,(H3,14,15,16,17). The third kappa shape index (κ3) is 3.28. The Kier molecular flexibility index (Phi) is 4.32. The van der Waals surface area contributed by atoms with E-state index in [4.69, 9.17) is 5.73 Å². The van der Waals surface area contributed by atoms with E-state index in [1.54, 1.807) is 0 Å². The van der Waals surface area contributed by atoms with Crippen LogP contribution in [0, 0.1) is 6.92 Å². The monoisotopic (exact) mass is 266 g/mol. The topological polar surface area (TPSA) is 63.8 Å². The fraction of sp³-hybridized carbons (Fsp3) is 0.692. The van der Waals surface area contributed by atoms with E-state index in [1.807, 2.05) is 18.7 Å². The molecule has 1 aromatic heterocycles. The highest BCUT2D eigenvalue weighted by atomic mass is 32.2. The van der Waals surface area contributed by atoms with E-state index in [0.717, 1.165) is 30.2 Å². The fourth-order valence-electron chi connectivity index (χ4n) is 1.76. The summed E-state index contributed by atoms with van der Waals surface area (Å²) in [7, 11) is 0. The molecule has 1 aliphatic rings. The van der Waals surface area contributed by atoms with E-state index in [1.165, 1.54) is 12.8 Å². The summed E-state index contributed by atoms with van der Waals surface area (Å²) < 4.78 is 0. The van der Waals surface area contributed by atoms with Gasteiger partial charge in [-0.2, -0.15) is 11.8 Å². The maximum atomic E-state index is 5.95. The second kappa shape index (κ2) is 5.78. The van der Waals surface area contributed by atoms with Crippen molar-refractivity contribution in [3.8, 4) is 0 Å². The van der Waals surface area contributed by atoms with Crippen LogP contribution in [0.25, 0.3) is 0 Å². The Balaban J connectivity index is 2.02. The van der Waals surface area contributed by atoms with Gasteiger partial charge in [-0.1, -0.05) is 6.92 Å². The van der Waals surface area contributed by atoms with Gasteiger partial charge in [-0.15, -0.1) is 0 Å². The van der Waals surface area contributed by atoms with Crippen molar-refractivity contribution in [2.45, 2.75) is 44.3 Å². The molecule has 0 aliphatic heterocycles. The lowest BCUT2D eigenvalue weighted by Gasteiger charge is -2.13. The van der Waals surface area contributed by atoms with E-state index in [2.05, 4.69) is 28.5 Å². The van der Waals surface area contributed by atoms with Gasteiger partial charge in [0.05, 0.1) is 0 Å². The van der Waals surface area contributed by atoms with Crippen LogP contribution < -0.4 is 11.1 Å². The minimum absolute atomic E-state index is 0.540. The Morgan fingerprint density at radius 2 is 2.17 bits per heavy atom. The molecule has 18 heavy (non-hydrogen) atoms. The minimum Gasteiger partial charge on any atom is -0.383 e. The van der Waals surface area contributed by atoms with Crippen molar-refractivity contribution >= 4 is 23.4 Å². The van der Waals surface area contributed by atoms with Crippen LogP contribution in [0.15, 0.2) is 0 Å². The Morgan fingerprint density at radius 1 is 1.44 bits per heavy atom. The van der Waals surface area contributed by atoms with Crippen LogP contribution in [0.3, 0.4) is 0 Å². The third-order valence-electron chi connectivity index (χ3n) is 3.39. The molecule has 4 nitrogen and oxygen atoms in total. The zero-order chi connectivity index (χ0) is 13.1. The first-order chi connectivity index (χ1) is 8.61. The molecule has 2 rings (SSSR count). The zero-order valence-corrected chi connectivity index (χ0v) is 12.2. The molecule has 3 N–H and O–H groups in total. The second-order valence-corrected chi connectivity index (χ2v) is 6.25. The van der Waals surface area contributed by atoms with E-state index in [9.17, 15) is 0 Å².